The first-order chi connectivity index (χ1) is 9.49. The lowest BCUT2D eigenvalue weighted by molar-refractivity contribution is -0.137. The van der Waals surface area contributed by atoms with E-state index in [0.29, 0.717) is 24.6 Å². The second-order valence-corrected chi connectivity index (χ2v) is 5.91. The van der Waals surface area contributed by atoms with Crippen molar-refractivity contribution in [3.8, 4) is 5.75 Å². The van der Waals surface area contributed by atoms with E-state index in [1.165, 1.54) is 25.3 Å². The zero-order valence-corrected chi connectivity index (χ0v) is 11.2. The quantitative estimate of drug-likeness (QED) is 0.760. The van der Waals surface area contributed by atoms with Crippen LogP contribution >= 0.6 is 0 Å². The summed E-state index contributed by atoms with van der Waals surface area (Å²) in [6.45, 7) is 1.29. The number of benzene rings is 1. The van der Waals surface area contributed by atoms with Gasteiger partial charge in [0.2, 0.25) is 0 Å². The molecule has 1 aromatic rings. The maximum atomic E-state index is 12.7. The van der Waals surface area contributed by atoms with Gasteiger partial charge in [-0.2, -0.15) is 13.2 Å². The third-order valence-electron chi connectivity index (χ3n) is 4.41. The van der Waals surface area contributed by atoms with Crippen LogP contribution in [-0.4, -0.2) is 13.2 Å². The number of hydrogen-bond donors (Lipinski definition) is 1. The summed E-state index contributed by atoms with van der Waals surface area (Å²) in [5.74, 6) is 0.528. The topological polar surface area (TPSA) is 21.3 Å². The lowest BCUT2D eigenvalue weighted by Crippen LogP contribution is -2.36. The van der Waals surface area contributed by atoms with Crippen molar-refractivity contribution < 1.29 is 17.9 Å². The van der Waals surface area contributed by atoms with Crippen molar-refractivity contribution in [3.05, 3.63) is 23.8 Å². The number of fused-ring (bicyclic) bond motifs is 1. The Balaban J connectivity index is 1.83. The van der Waals surface area contributed by atoms with Gasteiger partial charge in [0.1, 0.15) is 5.75 Å². The SMILES string of the molecule is FC(F)(F)c1ccc2c(c1)NCC1(CCCCC1)CO2. The summed E-state index contributed by atoms with van der Waals surface area (Å²) in [7, 11) is 0. The number of nitrogens with one attached hydrogen (secondary N) is 1. The predicted molar refractivity (Wildman–Crippen MR) is 70.9 cm³/mol. The van der Waals surface area contributed by atoms with Crippen LogP contribution in [0.25, 0.3) is 0 Å². The molecule has 1 aliphatic carbocycles. The minimum atomic E-state index is -4.31. The smallest absolute Gasteiger partial charge is 0.416 e. The molecule has 2 nitrogen and oxygen atoms in total. The highest BCUT2D eigenvalue weighted by molar-refractivity contribution is 5.59. The monoisotopic (exact) mass is 285 g/mol. The van der Waals surface area contributed by atoms with Gasteiger partial charge < -0.3 is 10.1 Å². The van der Waals surface area contributed by atoms with E-state index in [0.717, 1.165) is 25.0 Å². The van der Waals surface area contributed by atoms with Crippen molar-refractivity contribution in [2.24, 2.45) is 5.41 Å². The Morgan fingerprint density at radius 1 is 1.10 bits per heavy atom. The summed E-state index contributed by atoms with van der Waals surface area (Å²) in [5, 5.41) is 3.17. The minimum Gasteiger partial charge on any atom is -0.491 e. The molecular weight excluding hydrogens is 267 g/mol. The number of alkyl halides is 3. The fourth-order valence-corrected chi connectivity index (χ4v) is 3.16. The summed E-state index contributed by atoms with van der Waals surface area (Å²) >= 11 is 0. The maximum Gasteiger partial charge on any atom is 0.416 e. The molecule has 0 unspecified atom stereocenters. The molecule has 0 aromatic heterocycles. The highest BCUT2D eigenvalue weighted by Crippen LogP contribution is 2.42. The van der Waals surface area contributed by atoms with Gasteiger partial charge in [0, 0.05) is 12.0 Å². The number of rotatable bonds is 0. The lowest BCUT2D eigenvalue weighted by atomic mass is 9.74. The Labute approximate surface area is 116 Å². The molecule has 2 aliphatic rings. The highest BCUT2D eigenvalue weighted by Gasteiger charge is 2.36. The molecule has 0 bridgehead atoms. The van der Waals surface area contributed by atoms with E-state index in [-0.39, 0.29) is 5.41 Å². The molecule has 3 rings (SSSR count). The molecule has 110 valence electrons. The highest BCUT2D eigenvalue weighted by atomic mass is 19.4. The van der Waals surface area contributed by atoms with Gasteiger partial charge in [-0.3, -0.25) is 0 Å². The molecule has 1 aromatic carbocycles. The second kappa shape index (κ2) is 4.86. The Morgan fingerprint density at radius 2 is 1.85 bits per heavy atom. The van der Waals surface area contributed by atoms with E-state index in [9.17, 15) is 13.2 Å². The van der Waals surface area contributed by atoms with Gasteiger partial charge in [0.05, 0.1) is 17.9 Å². The van der Waals surface area contributed by atoms with Gasteiger partial charge in [-0.05, 0) is 31.0 Å². The first-order valence-corrected chi connectivity index (χ1v) is 7.07. The molecule has 1 fully saturated rings. The third-order valence-corrected chi connectivity index (χ3v) is 4.41. The lowest BCUT2D eigenvalue weighted by Gasteiger charge is -2.35. The molecule has 1 spiro atoms. The number of hydrogen-bond acceptors (Lipinski definition) is 2. The Kier molecular flexibility index (Phi) is 3.30. The number of anilines is 1. The molecule has 5 heteroatoms. The van der Waals surface area contributed by atoms with Crippen molar-refractivity contribution in [1.29, 1.82) is 0 Å². The zero-order chi connectivity index (χ0) is 14.2. The number of halogens is 3. The average molecular weight is 285 g/mol. The van der Waals surface area contributed by atoms with E-state index in [2.05, 4.69) is 5.32 Å². The summed E-state index contributed by atoms with van der Waals surface area (Å²) in [4.78, 5) is 0. The van der Waals surface area contributed by atoms with Crippen LogP contribution in [0.5, 0.6) is 5.75 Å². The van der Waals surface area contributed by atoms with Crippen LogP contribution in [-0.2, 0) is 6.18 Å². The Bertz CT molecular complexity index is 492. The first kappa shape index (κ1) is 13.6. The summed E-state index contributed by atoms with van der Waals surface area (Å²) in [6, 6.07) is 3.66. The molecule has 0 saturated heterocycles. The summed E-state index contributed by atoms with van der Waals surface area (Å²) < 4.78 is 44.0. The van der Waals surface area contributed by atoms with Crippen LogP contribution < -0.4 is 10.1 Å². The first-order valence-electron chi connectivity index (χ1n) is 7.07. The normalized spacial score (nSPS) is 21.6. The number of ether oxygens (including phenoxy) is 1. The van der Waals surface area contributed by atoms with Crippen LogP contribution in [0.15, 0.2) is 18.2 Å². The van der Waals surface area contributed by atoms with Gasteiger partial charge in [0.15, 0.2) is 0 Å². The van der Waals surface area contributed by atoms with Crippen LogP contribution in [0.1, 0.15) is 37.7 Å². The predicted octanol–water partition coefficient (Wildman–Crippen LogP) is 4.46. The van der Waals surface area contributed by atoms with E-state index in [1.54, 1.807) is 0 Å². The van der Waals surface area contributed by atoms with Gasteiger partial charge in [-0.25, -0.2) is 0 Å². The van der Waals surface area contributed by atoms with Crippen LogP contribution in [0.2, 0.25) is 0 Å². The summed E-state index contributed by atoms with van der Waals surface area (Å²) in [6.07, 6.45) is 1.45. The van der Waals surface area contributed by atoms with Gasteiger partial charge in [-0.15, -0.1) is 0 Å². The van der Waals surface area contributed by atoms with Crippen molar-refractivity contribution in [2.45, 2.75) is 38.3 Å². The van der Waals surface area contributed by atoms with E-state index < -0.39 is 11.7 Å². The van der Waals surface area contributed by atoms with Gasteiger partial charge in [0.25, 0.3) is 0 Å². The minimum absolute atomic E-state index is 0.0790. The van der Waals surface area contributed by atoms with Crippen LogP contribution in [0.3, 0.4) is 0 Å². The standard InChI is InChI=1S/C15H18F3NO/c16-15(17,18)11-4-5-13-12(8-11)19-9-14(10-20-13)6-2-1-3-7-14/h4-5,8,19H,1-3,6-7,9-10H2. The Morgan fingerprint density at radius 3 is 2.55 bits per heavy atom. The Hall–Kier alpha value is -1.39. The fraction of sp³-hybridized carbons (Fsp3) is 0.600. The zero-order valence-electron chi connectivity index (χ0n) is 11.2. The molecule has 0 radical (unpaired) electrons. The van der Waals surface area contributed by atoms with E-state index in [1.807, 2.05) is 0 Å². The fourth-order valence-electron chi connectivity index (χ4n) is 3.16. The van der Waals surface area contributed by atoms with Gasteiger partial charge in [-0.1, -0.05) is 19.3 Å². The van der Waals surface area contributed by atoms with Crippen molar-refractivity contribution >= 4 is 5.69 Å². The van der Waals surface area contributed by atoms with Crippen molar-refractivity contribution in [2.75, 3.05) is 18.5 Å². The molecule has 0 amide bonds. The molecule has 20 heavy (non-hydrogen) atoms. The summed E-state index contributed by atoms with van der Waals surface area (Å²) in [5.41, 5.74) is -0.0930. The van der Waals surface area contributed by atoms with E-state index in [4.69, 9.17) is 4.74 Å². The molecule has 1 N–H and O–H groups in total. The van der Waals surface area contributed by atoms with Gasteiger partial charge >= 0.3 is 6.18 Å². The van der Waals surface area contributed by atoms with Crippen LogP contribution in [0.4, 0.5) is 18.9 Å². The largest absolute Gasteiger partial charge is 0.491 e. The van der Waals surface area contributed by atoms with Crippen molar-refractivity contribution in [3.63, 3.8) is 0 Å². The molecule has 1 aliphatic heterocycles. The van der Waals surface area contributed by atoms with E-state index >= 15 is 0 Å². The third kappa shape index (κ3) is 2.58. The molecule has 1 saturated carbocycles. The molecular formula is C15H18F3NO. The average Bonchev–Trinajstić information content (AvgIpc) is 2.59. The molecule has 1 heterocycles. The molecule has 0 atom stereocenters. The maximum absolute atomic E-state index is 12.7. The second-order valence-electron chi connectivity index (χ2n) is 5.91. The van der Waals surface area contributed by atoms with Crippen molar-refractivity contribution in [1.82, 2.24) is 0 Å². The van der Waals surface area contributed by atoms with Crippen LogP contribution in [0, 0.1) is 5.41 Å².